The van der Waals surface area contributed by atoms with E-state index >= 15 is 0 Å². The molecular weight excluding hydrogens is 234 g/mol. The summed E-state index contributed by atoms with van der Waals surface area (Å²) in [6.07, 6.45) is 4.65. The van der Waals surface area contributed by atoms with E-state index in [0.29, 0.717) is 16.7 Å². The van der Waals surface area contributed by atoms with Crippen LogP contribution in [0.25, 0.3) is 0 Å². The molecule has 1 saturated heterocycles. The van der Waals surface area contributed by atoms with Gasteiger partial charge in [-0.2, -0.15) is 0 Å². The first kappa shape index (κ1) is 15.3. The molecule has 1 N–H and O–H groups in total. The number of aliphatic hydroxyl groups is 1. The predicted molar refractivity (Wildman–Crippen MR) is 81.1 cm³/mol. The Hall–Kier alpha value is -0.0800. The second-order valence-electron chi connectivity index (χ2n) is 8.85. The zero-order valence-corrected chi connectivity index (χ0v) is 13.6. The number of aliphatic hydroxyl groups excluding tert-OH is 1. The summed E-state index contributed by atoms with van der Waals surface area (Å²) in [5.41, 5.74) is 0.867. The van der Waals surface area contributed by atoms with Gasteiger partial charge in [0.1, 0.15) is 0 Å². The number of rotatable bonds is 2. The van der Waals surface area contributed by atoms with Crippen LogP contribution in [0.1, 0.15) is 60.3 Å². The van der Waals surface area contributed by atoms with E-state index in [0.717, 1.165) is 18.9 Å². The van der Waals surface area contributed by atoms with Crippen molar-refractivity contribution in [2.75, 3.05) is 19.6 Å². The van der Waals surface area contributed by atoms with Crippen molar-refractivity contribution in [3.8, 4) is 0 Å². The van der Waals surface area contributed by atoms with Crippen LogP contribution in [-0.2, 0) is 0 Å². The normalized spacial score (nSPS) is 36.6. The van der Waals surface area contributed by atoms with Crippen LogP contribution in [0.5, 0.6) is 0 Å². The van der Waals surface area contributed by atoms with Gasteiger partial charge in [0.15, 0.2) is 0 Å². The van der Waals surface area contributed by atoms with Gasteiger partial charge in [-0.3, -0.25) is 0 Å². The molecule has 0 aromatic rings. The lowest BCUT2D eigenvalue weighted by Crippen LogP contribution is -2.41. The van der Waals surface area contributed by atoms with Crippen molar-refractivity contribution in [2.45, 2.75) is 66.4 Å². The first-order valence-corrected chi connectivity index (χ1v) is 8.08. The maximum atomic E-state index is 10.3. The summed E-state index contributed by atoms with van der Waals surface area (Å²) in [5, 5.41) is 10.3. The second-order valence-corrected chi connectivity index (χ2v) is 8.85. The average Bonchev–Trinajstić information content (AvgIpc) is 2.60. The van der Waals surface area contributed by atoms with Crippen molar-refractivity contribution in [3.63, 3.8) is 0 Å². The average molecular weight is 267 g/mol. The summed E-state index contributed by atoms with van der Waals surface area (Å²) in [4.78, 5) is 2.58. The zero-order chi connectivity index (χ0) is 14.3. The maximum Gasteiger partial charge on any atom is 0.0580 e. The summed E-state index contributed by atoms with van der Waals surface area (Å²) < 4.78 is 0. The van der Waals surface area contributed by atoms with Crippen molar-refractivity contribution in [3.05, 3.63) is 0 Å². The van der Waals surface area contributed by atoms with E-state index in [2.05, 4.69) is 39.5 Å². The Labute approximate surface area is 119 Å². The van der Waals surface area contributed by atoms with E-state index in [1.165, 1.54) is 32.4 Å². The summed E-state index contributed by atoms with van der Waals surface area (Å²) in [6, 6.07) is 0. The van der Waals surface area contributed by atoms with Crippen LogP contribution in [0.3, 0.4) is 0 Å². The van der Waals surface area contributed by atoms with E-state index in [1.807, 2.05) is 0 Å². The third-order valence-electron chi connectivity index (χ3n) is 5.42. The highest BCUT2D eigenvalue weighted by atomic mass is 16.3. The van der Waals surface area contributed by atoms with Crippen LogP contribution in [0.15, 0.2) is 0 Å². The SMILES string of the molecule is CC1(C)CCN(CC2CC(C(C)(C)C)CCC2O)C1. The highest BCUT2D eigenvalue weighted by molar-refractivity contribution is 4.89. The summed E-state index contributed by atoms with van der Waals surface area (Å²) in [6.45, 7) is 15.3. The molecule has 1 aliphatic carbocycles. The third-order valence-corrected chi connectivity index (χ3v) is 5.42. The van der Waals surface area contributed by atoms with Crippen LogP contribution in [0.4, 0.5) is 0 Å². The van der Waals surface area contributed by atoms with E-state index in [4.69, 9.17) is 0 Å². The topological polar surface area (TPSA) is 23.5 Å². The van der Waals surface area contributed by atoms with E-state index in [-0.39, 0.29) is 6.10 Å². The number of hydrogen-bond donors (Lipinski definition) is 1. The Morgan fingerprint density at radius 1 is 1.21 bits per heavy atom. The molecule has 0 amide bonds. The molecule has 19 heavy (non-hydrogen) atoms. The minimum absolute atomic E-state index is 0.0673. The zero-order valence-electron chi connectivity index (χ0n) is 13.6. The maximum absolute atomic E-state index is 10.3. The van der Waals surface area contributed by atoms with Crippen LogP contribution in [0, 0.1) is 22.7 Å². The van der Waals surface area contributed by atoms with Gasteiger partial charge in [0, 0.05) is 13.1 Å². The largest absolute Gasteiger partial charge is 0.393 e. The summed E-state index contributed by atoms with van der Waals surface area (Å²) in [7, 11) is 0. The fraction of sp³-hybridized carbons (Fsp3) is 1.00. The minimum atomic E-state index is -0.0673. The highest BCUT2D eigenvalue weighted by Crippen LogP contribution is 2.41. The first-order valence-electron chi connectivity index (χ1n) is 8.08. The predicted octanol–water partition coefficient (Wildman–Crippen LogP) is 3.54. The number of likely N-dealkylation sites (tertiary alicyclic amines) is 1. The van der Waals surface area contributed by atoms with Crippen LogP contribution >= 0.6 is 0 Å². The van der Waals surface area contributed by atoms with Gasteiger partial charge < -0.3 is 10.0 Å². The van der Waals surface area contributed by atoms with Crippen LogP contribution in [-0.4, -0.2) is 35.7 Å². The van der Waals surface area contributed by atoms with Crippen molar-refractivity contribution in [1.29, 1.82) is 0 Å². The molecule has 0 aromatic carbocycles. The Morgan fingerprint density at radius 3 is 2.42 bits per heavy atom. The molecule has 2 nitrogen and oxygen atoms in total. The molecule has 2 heteroatoms. The van der Waals surface area contributed by atoms with Gasteiger partial charge in [0.05, 0.1) is 6.10 Å². The molecule has 3 unspecified atom stereocenters. The number of nitrogens with zero attached hydrogens (tertiary/aromatic N) is 1. The molecule has 1 aliphatic heterocycles. The highest BCUT2D eigenvalue weighted by Gasteiger charge is 2.37. The molecule has 2 rings (SSSR count). The monoisotopic (exact) mass is 267 g/mol. The molecule has 3 atom stereocenters. The van der Waals surface area contributed by atoms with Gasteiger partial charge in [-0.25, -0.2) is 0 Å². The molecule has 2 fully saturated rings. The molecule has 0 radical (unpaired) electrons. The Kier molecular flexibility index (Phi) is 4.32. The minimum Gasteiger partial charge on any atom is -0.393 e. The van der Waals surface area contributed by atoms with E-state index in [1.54, 1.807) is 0 Å². The Balaban J connectivity index is 1.91. The molecule has 112 valence electrons. The number of hydrogen-bond acceptors (Lipinski definition) is 2. The van der Waals surface area contributed by atoms with Crippen molar-refractivity contribution >= 4 is 0 Å². The van der Waals surface area contributed by atoms with Crippen molar-refractivity contribution in [2.24, 2.45) is 22.7 Å². The van der Waals surface area contributed by atoms with Gasteiger partial charge in [0.25, 0.3) is 0 Å². The third kappa shape index (κ3) is 3.95. The molecular formula is C17H33NO. The first-order chi connectivity index (χ1) is 8.67. The molecule has 0 bridgehead atoms. The Bertz CT molecular complexity index is 305. The fourth-order valence-corrected chi connectivity index (χ4v) is 3.94. The smallest absolute Gasteiger partial charge is 0.0580 e. The van der Waals surface area contributed by atoms with Gasteiger partial charge in [-0.05, 0) is 54.9 Å². The van der Waals surface area contributed by atoms with Gasteiger partial charge >= 0.3 is 0 Å². The summed E-state index contributed by atoms with van der Waals surface area (Å²) in [5.74, 6) is 1.27. The lowest BCUT2D eigenvalue weighted by atomic mass is 9.68. The van der Waals surface area contributed by atoms with Crippen LogP contribution < -0.4 is 0 Å². The van der Waals surface area contributed by atoms with Crippen LogP contribution in [0.2, 0.25) is 0 Å². The second kappa shape index (κ2) is 5.37. The van der Waals surface area contributed by atoms with Gasteiger partial charge in [-0.1, -0.05) is 34.6 Å². The molecule has 0 aromatic heterocycles. The molecule has 0 spiro atoms. The lowest BCUT2D eigenvalue weighted by Gasteiger charge is -2.41. The summed E-state index contributed by atoms with van der Waals surface area (Å²) >= 11 is 0. The molecule has 2 aliphatic rings. The fourth-order valence-electron chi connectivity index (χ4n) is 3.94. The quantitative estimate of drug-likeness (QED) is 0.827. The van der Waals surface area contributed by atoms with E-state index in [9.17, 15) is 5.11 Å². The van der Waals surface area contributed by atoms with Gasteiger partial charge in [-0.15, -0.1) is 0 Å². The van der Waals surface area contributed by atoms with Gasteiger partial charge in [0.2, 0.25) is 0 Å². The standard InChI is InChI=1S/C17H33NO/c1-16(2,3)14-6-7-15(19)13(10-14)11-18-9-8-17(4,5)12-18/h13-15,19H,6-12H2,1-5H3. The molecule has 1 saturated carbocycles. The van der Waals surface area contributed by atoms with Crippen molar-refractivity contribution < 1.29 is 5.11 Å². The van der Waals surface area contributed by atoms with Crippen molar-refractivity contribution in [1.82, 2.24) is 4.90 Å². The molecule has 1 heterocycles. The van der Waals surface area contributed by atoms with E-state index < -0.39 is 0 Å². The lowest BCUT2D eigenvalue weighted by molar-refractivity contribution is 0.00520. The Morgan fingerprint density at radius 2 is 1.89 bits per heavy atom.